The van der Waals surface area contributed by atoms with Crippen molar-refractivity contribution in [3.63, 3.8) is 0 Å². The number of methoxy groups -OCH3 is 2. The Hall–Kier alpha value is -2.40. The molecular weight excluding hydrogens is 330 g/mol. The van der Waals surface area contributed by atoms with Crippen LogP contribution in [0, 0.1) is 0 Å². The highest BCUT2D eigenvalue weighted by Gasteiger charge is 2.38. The van der Waals surface area contributed by atoms with Gasteiger partial charge in [0, 0.05) is 25.0 Å². The van der Waals surface area contributed by atoms with Gasteiger partial charge in [-0.3, -0.25) is 4.90 Å². The lowest BCUT2D eigenvalue weighted by atomic mass is 9.77. The number of nitrogens with zero attached hydrogens (tertiary/aromatic N) is 1. The molecular formula is C21H23NO4. The summed E-state index contributed by atoms with van der Waals surface area (Å²) >= 11 is 0. The van der Waals surface area contributed by atoms with E-state index >= 15 is 0 Å². The van der Waals surface area contributed by atoms with Crippen LogP contribution in [0.25, 0.3) is 0 Å². The minimum atomic E-state index is 0.321. The molecule has 3 aliphatic heterocycles. The first-order chi connectivity index (χ1) is 12.7. The van der Waals surface area contributed by atoms with Gasteiger partial charge in [0.25, 0.3) is 0 Å². The number of ether oxygens (including phenoxy) is 4. The van der Waals surface area contributed by atoms with E-state index in [2.05, 4.69) is 36.1 Å². The molecule has 2 aromatic carbocycles. The summed E-state index contributed by atoms with van der Waals surface area (Å²) in [4.78, 5) is 2.57. The van der Waals surface area contributed by atoms with E-state index < -0.39 is 0 Å². The van der Waals surface area contributed by atoms with Crippen LogP contribution >= 0.6 is 0 Å². The van der Waals surface area contributed by atoms with Crippen LogP contribution in [-0.2, 0) is 13.0 Å². The monoisotopic (exact) mass is 353 g/mol. The van der Waals surface area contributed by atoms with Gasteiger partial charge in [0.2, 0.25) is 6.79 Å². The van der Waals surface area contributed by atoms with Crippen LogP contribution in [0.15, 0.2) is 24.3 Å². The fourth-order valence-corrected chi connectivity index (χ4v) is 4.74. The van der Waals surface area contributed by atoms with Crippen LogP contribution in [0.5, 0.6) is 23.0 Å². The van der Waals surface area contributed by atoms with E-state index in [1.807, 2.05) is 0 Å². The van der Waals surface area contributed by atoms with Crippen molar-refractivity contribution in [1.82, 2.24) is 4.90 Å². The van der Waals surface area contributed by atoms with Crippen molar-refractivity contribution in [3.05, 3.63) is 46.5 Å². The maximum atomic E-state index is 5.64. The van der Waals surface area contributed by atoms with E-state index in [1.165, 1.54) is 22.3 Å². The molecule has 0 spiro atoms. The van der Waals surface area contributed by atoms with Gasteiger partial charge in [0.15, 0.2) is 23.0 Å². The number of benzene rings is 2. The maximum Gasteiger partial charge on any atom is 0.231 e. The topological polar surface area (TPSA) is 40.2 Å². The standard InChI is InChI=1S/C21H23NO4/c1-12-15-8-18(24-3)17(23-2)7-14(15)10-22-5-4-13-6-19-20(26-11-25-19)9-16(13)21(12)22/h6-9,12,21H,4-5,10-11H2,1-3H3/t12-,21+/m0/s1. The fraction of sp³-hybridized carbons (Fsp3) is 0.429. The molecule has 26 heavy (non-hydrogen) atoms. The van der Waals surface area contributed by atoms with Crippen LogP contribution in [0.2, 0.25) is 0 Å². The van der Waals surface area contributed by atoms with Gasteiger partial charge in [-0.05, 0) is 52.9 Å². The number of hydrogen-bond donors (Lipinski definition) is 0. The molecule has 5 rings (SSSR count). The fourth-order valence-electron chi connectivity index (χ4n) is 4.74. The lowest BCUT2D eigenvalue weighted by Crippen LogP contribution is -2.41. The van der Waals surface area contributed by atoms with Crippen molar-refractivity contribution in [1.29, 1.82) is 0 Å². The Morgan fingerprint density at radius 2 is 1.65 bits per heavy atom. The summed E-state index contributed by atoms with van der Waals surface area (Å²) in [5, 5.41) is 0. The first kappa shape index (κ1) is 15.8. The summed E-state index contributed by atoms with van der Waals surface area (Å²) in [7, 11) is 3.39. The van der Waals surface area contributed by atoms with E-state index in [0.717, 1.165) is 42.5 Å². The molecule has 0 aliphatic carbocycles. The zero-order valence-electron chi connectivity index (χ0n) is 15.4. The molecule has 5 heteroatoms. The lowest BCUT2D eigenvalue weighted by Gasteiger charge is -2.45. The largest absolute Gasteiger partial charge is 0.493 e. The Balaban J connectivity index is 1.61. The number of hydrogen-bond acceptors (Lipinski definition) is 5. The Morgan fingerprint density at radius 3 is 2.42 bits per heavy atom. The van der Waals surface area contributed by atoms with Crippen LogP contribution in [0.4, 0.5) is 0 Å². The second kappa shape index (κ2) is 5.81. The van der Waals surface area contributed by atoms with E-state index in [4.69, 9.17) is 18.9 Å². The van der Waals surface area contributed by atoms with Crippen molar-refractivity contribution >= 4 is 0 Å². The minimum Gasteiger partial charge on any atom is -0.493 e. The van der Waals surface area contributed by atoms with Crippen molar-refractivity contribution < 1.29 is 18.9 Å². The second-order valence-corrected chi connectivity index (χ2v) is 7.26. The van der Waals surface area contributed by atoms with Gasteiger partial charge in [-0.1, -0.05) is 6.92 Å². The predicted molar refractivity (Wildman–Crippen MR) is 97.4 cm³/mol. The zero-order chi connectivity index (χ0) is 17.8. The lowest BCUT2D eigenvalue weighted by molar-refractivity contribution is 0.138. The molecule has 0 saturated carbocycles. The molecule has 0 N–H and O–H groups in total. The first-order valence-corrected chi connectivity index (χ1v) is 9.11. The van der Waals surface area contributed by atoms with Gasteiger partial charge in [-0.2, -0.15) is 0 Å². The minimum absolute atomic E-state index is 0.321. The van der Waals surface area contributed by atoms with Crippen LogP contribution in [0.1, 0.15) is 41.1 Å². The molecule has 0 unspecified atom stereocenters. The van der Waals surface area contributed by atoms with Gasteiger partial charge in [0.05, 0.1) is 14.2 Å². The molecule has 0 amide bonds. The Labute approximate surface area is 153 Å². The van der Waals surface area contributed by atoms with Gasteiger partial charge in [0.1, 0.15) is 0 Å². The van der Waals surface area contributed by atoms with E-state index in [1.54, 1.807) is 14.2 Å². The first-order valence-electron chi connectivity index (χ1n) is 9.11. The van der Waals surface area contributed by atoms with Crippen molar-refractivity contribution in [2.75, 3.05) is 27.6 Å². The van der Waals surface area contributed by atoms with Gasteiger partial charge in [-0.25, -0.2) is 0 Å². The van der Waals surface area contributed by atoms with E-state index in [-0.39, 0.29) is 0 Å². The van der Waals surface area contributed by atoms with Crippen LogP contribution in [0.3, 0.4) is 0 Å². The summed E-state index contributed by atoms with van der Waals surface area (Å²) < 4.78 is 22.3. The van der Waals surface area contributed by atoms with Gasteiger partial charge < -0.3 is 18.9 Å². The third kappa shape index (κ3) is 2.20. The Kier molecular flexibility index (Phi) is 3.54. The number of rotatable bonds is 2. The number of fused-ring (bicyclic) bond motifs is 5. The summed E-state index contributed by atoms with van der Waals surface area (Å²) in [5.41, 5.74) is 5.42. The third-order valence-electron chi connectivity index (χ3n) is 6.00. The van der Waals surface area contributed by atoms with Gasteiger partial charge >= 0.3 is 0 Å². The molecule has 3 heterocycles. The van der Waals surface area contributed by atoms with Crippen LogP contribution in [-0.4, -0.2) is 32.5 Å². The third-order valence-corrected chi connectivity index (χ3v) is 6.00. The molecule has 3 aliphatic rings. The van der Waals surface area contributed by atoms with E-state index in [0.29, 0.717) is 18.8 Å². The Bertz CT molecular complexity index is 879. The smallest absolute Gasteiger partial charge is 0.231 e. The van der Waals surface area contributed by atoms with Crippen LogP contribution < -0.4 is 18.9 Å². The highest BCUT2D eigenvalue weighted by atomic mass is 16.7. The molecule has 0 saturated heterocycles. The molecule has 0 bridgehead atoms. The zero-order valence-corrected chi connectivity index (χ0v) is 15.4. The van der Waals surface area contributed by atoms with Crippen molar-refractivity contribution in [2.45, 2.75) is 31.8 Å². The molecule has 2 aromatic rings. The summed E-state index contributed by atoms with van der Waals surface area (Å²) in [6.45, 7) is 4.61. The van der Waals surface area contributed by atoms with E-state index in [9.17, 15) is 0 Å². The Morgan fingerprint density at radius 1 is 0.923 bits per heavy atom. The molecule has 0 radical (unpaired) electrons. The second-order valence-electron chi connectivity index (χ2n) is 7.26. The molecule has 5 nitrogen and oxygen atoms in total. The maximum absolute atomic E-state index is 5.64. The average molecular weight is 353 g/mol. The molecule has 2 atom stereocenters. The van der Waals surface area contributed by atoms with Crippen molar-refractivity contribution in [2.24, 2.45) is 0 Å². The summed E-state index contributed by atoms with van der Waals surface area (Å²) in [6.07, 6.45) is 1.04. The summed E-state index contributed by atoms with van der Waals surface area (Å²) in [6, 6.07) is 9.00. The SMILES string of the molecule is COc1cc2c(cc1OC)[C@H](C)[C@@H]1c3cc4c(cc3CCN1C2)OCO4. The average Bonchev–Trinajstić information content (AvgIpc) is 3.12. The quantitative estimate of drug-likeness (QED) is 0.824. The molecule has 136 valence electrons. The highest BCUT2D eigenvalue weighted by Crippen LogP contribution is 2.50. The predicted octanol–water partition coefficient (Wildman–Crippen LogP) is 3.65. The summed E-state index contributed by atoms with van der Waals surface area (Å²) in [5.74, 6) is 3.72. The normalized spacial score (nSPS) is 23.0. The molecule has 0 aromatic heterocycles. The molecule has 0 fully saturated rings. The van der Waals surface area contributed by atoms with Crippen molar-refractivity contribution in [3.8, 4) is 23.0 Å². The van der Waals surface area contributed by atoms with Gasteiger partial charge in [-0.15, -0.1) is 0 Å². The highest BCUT2D eigenvalue weighted by molar-refractivity contribution is 5.54.